The van der Waals surface area contributed by atoms with Gasteiger partial charge in [0, 0.05) is 51.0 Å². The molecule has 15 nitrogen and oxygen atoms in total. The van der Waals surface area contributed by atoms with Crippen molar-refractivity contribution in [3.8, 4) is 38.1 Å². The number of carbonyl (C=O) groups is 5. The minimum Gasteiger partial charge on any atom is -0.508 e. The monoisotopic (exact) mass is 1080 g/mol. The number of likely N-dealkylation sites (tertiary alicyclic amines) is 1. The molecule has 1 aliphatic rings. The highest BCUT2D eigenvalue weighted by atomic mass is 32.1. The number of ketones is 1. The lowest BCUT2D eigenvalue weighted by Crippen LogP contribution is -2.57. The Bertz CT molecular complexity index is 3250. The molecule has 1 fully saturated rings. The van der Waals surface area contributed by atoms with Crippen LogP contribution in [0.2, 0.25) is 0 Å². The van der Waals surface area contributed by atoms with E-state index in [1.807, 2.05) is 88.7 Å². The number of carbonyl (C=O) groups excluding carboxylic acids is 5. The summed E-state index contributed by atoms with van der Waals surface area (Å²) in [6, 6.07) is 30.9. The number of phenols is 2. The summed E-state index contributed by atoms with van der Waals surface area (Å²) < 4.78 is 6.67. The number of fused-ring (bicyclic) bond motifs is 1. The summed E-state index contributed by atoms with van der Waals surface area (Å²) in [7, 11) is 0. The topological polar surface area (TPSA) is 220 Å². The van der Waals surface area contributed by atoms with E-state index >= 15 is 0 Å². The van der Waals surface area contributed by atoms with Gasteiger partial charge in [0.05, 0.1) is 41.0 Å². The van der Waals surface area contributed by atoms with Gasteiger partial charge in [-0.05, 0) is 133 Å². The van der Waals surface area contributed by atoms with Crippen LogP contribution in [-0.4, -0.2) is 92.2 Å². The first-order valence-electron chi connectivity index (χ1n) is 25.8. The quantitative estimate of drug-likeness (QED) is 0.0173. The smallest absolute Gasteiger partial charge is 0.271 e. The summed E-state index contributed by atoms with van der Waals surface area (Å²) in [6.07, 6.45) is 5.10. The van der Waals surface area contributed by atoms with E-state index in [9.17, 15) is 39.3 Å². The fourth-order valence-electron chi connectivity index (χ4n) is 9.31. The van der Waals surface area contributed by atoms with Gasteiger partial charge in [0.2, 0.25) is 17.7 Å². The number of benzene rings is 5. The van der Waals surface area contributed by atoms with Crippen molar-refractivity contribution in [3.63, 3.8) is 0 Å². The molecule has 0 aliphatic carbocycles. The highest BCUT2D eigenvalue weighted by Gasteiger charge is 2.44. The van der Waals surface area contributed by atoms with Gasteiger partial charge in [0.25, 0.3) is 5.91 Å². The number of rotatable bonds is 21. The van der Waals surface area contributed by atoms with E-state index in [1.165, 1.54) is 34.6 Å². The van der Waals surface area contributed by atoms with Crippen LogP contribution < -0.4 is 20.8 Å². The molecule has 5 aromatic carbocycles. The number of hydrogen-bond donors (Lipinski definition) is 6. The van der Waals surface area contributed by atoms with Crippen molar-refractivity contribution in [2.75, 3.05) is 13.2 Å². The number of thiophene rings is 1. The SMILES string of the molecule is Cc1ncsc1-c1ccc(C(C)NC(=O)C2CC(O)CN2C(=O)C(NC(=O)CCCCCCCOc2ccc(C=NNC(=O)c3cccc(C(=O)c4c(-c5ccc(O)cc5)sc5cc(O)ccc45)c3)cc2)C(C)(C)C)cc1. The number of hydrazone groups is 1. The van der Waals surface area contributed by atoms with Crippen molar-refractivity contribution >= 4 is 68.4 Å². The van der Waals surface area contributed by atoms with E-state index in [1.54, 1.807) is 65.9 Å². The lowest BCUT2D eigenvalue weighted by molar-refractivity contribution is -0.144. The maximum atomic E-state index is 14.1. The number of unbranched alkanes of at least 4 members (excludes halogenated alkanes) is 4. The van der Waals surface area contributed by atoms with Crippen LogP contribution >= 0.6 is 22.7 Å². The molecule has 1 saturated heterocycles. The Morgan fingerprint density at radius 2 is 1.49 bits per heavy atom. The van der Waals surface area contributed by atoms with Gasteiger partial charge in [-0.25, -0.2) is 10.4 Å². The molecule has 6 N–H and O–H groups in total. The van der Waals surface area contributed by atoms with Crippen LogP contribution in [0, 0.1) is 12.3 Å². The molecule has 0 radical (unpaired) electrons. The Labute approximate surface area is 456 Å². The number of phenolic OH excluding ortho intramolecular Hbond substituents is 2. The third kappa shape index (κ3) is 14.0. The van der Waals surface area contributed by atoms with E-state index in [2.05, 4.69) is 26.1 Å². The van der Waals surface area contributed by atoms with Crippen LogP contribution in [-0.2, 0) is 14.4 Å². The van der Waals surface area contributed by atoms with Crippen molar-refractivity contribution in [1.29, 1.82) is 0 Å². The number of aromatic nitrogens is 1. The number of nitrogens with one attached hydrogen (secondary N) is 3. The number of β-amino-alcohol motifs (C(OH)–C–C–N with tert-alkyl or cyclic N) is 1. The molecule has 8 rings (SSSR count). The molecule has 0 saturated carbocycles. The normalized spacial score (nSPS) is 15.3. The number of nitrogens with zero attached hydrogens (tertiary/aromatic N) is 3. The summed E-state index contributed by atoms with van der Waals surface area (Å²) in [5.41, 5.74) is 9.06. The van der Waals surface area contributed by atoms with Crippen molar-refractivity contribution in [2.24, 2.45) is 10.5 Å². The van der Waals surface area contributed by atoms with E-state index in [4.69, 9.17) is 4.74 Å². The highest BCUT2D eigenvalue weighted by molar-refractivity contribution is 7.22. The van der Waals surface area contributed by atoms with Crippen LogP contribution in [0.5, 0.6) is 17.2 Å². The second-order valence-electron chi connectivity index (χ2n) is 20.5. The second-order valence-corrected chi connectivity index (χ2v) is 22.4. The number of amides is 4. The van der Waals surface area contributed by atoms with Gasteiger partial charge < -0.3 is 35.6 Å². The lowest BCUT2D eigenvalue weighted by Gasteiger charge is -2.35. The fourth-order valence-corrected chi connectivity index (χ4v) is 11.4. The number of hydrogen-bond acceptors (Lipinski definition) is 13. The summed E-state index contributed by atoms with van der Waals surface area (Å²) in [6.45, 7) is 9.99. The van der Waals surface area contributed by atoms with Crippen molar-refractivity contribution in [1.82, 2.24) is 25.9 Å². The zero-order chi connectivity index (χ0) is 54.8. The molecule has 17 heteroatoms. The molecule has 2 aromatic heterocycles. The van der Waals surface area contributed by atoms with Crippen molar-refractivity contribution < 1.29 is 44.0 Å². The highest BCUT2D eigenvalue weighted by Crippen LogP contribution is 2.42. The largest absolute Gasteiger partial charge is 0.508 e. The molecule has 7 aromatic rings. The minimum absolute atomic E-state index is 0.00333. The van der Waals surface area contributed by atoms with Gasteiger partial charge in [0.1, 0.15) is 29.3 Å². The Morgan fingerprint density at radius 3 is 2.21 bits per heavy atom. The Hall–Kier alpha value is -7.73. The van der Waals surface area contributed by atoms with Crippen molar-refractivity contribution in [3.05, 3.63) is 154 Å². The van der Waals surface area contributed by atoms with Crippen LogP contribution in [0.15, 0.2) is 126 Å². The third-order valence-corrected chi connectivity index (χ3v) is 15.7. The van der Waals surface area contributed by atoms with Gasteiger partial charge in [-0.15, -0.1) is 22.7 Å². The number of thiazole rings is 1. The Balaban J connectivity index is 0.738. The first-order chi connectivity index (χ1) is 36.9. The first-order valence-corrected chi connectivity index (χ1v) is 27.5. The van der Waals surface area contributed by atoms with E-state index in [0.717, 1.165) is 63.2 Å². The Morgan fingerprint density at radius 1 is 0.818 bits per heavy atom. The molecule has 4 atom stereocenters. The molecular formula is C60H64N6O9S2. The average Bonchev–Trinajstić information content (AvgIpc) is 4.18. The molecule has 400 valence electrons. The third-order valence-electron chi connectivity index (χ3n) is 13.6. The number of ether oxygens (including phenoxy) is 1. The average molecular weight is 1080 g/mol. The number of aryl methyl sites for hydroxylation is 1. The van der Waals surface area contributed by atoms with Gasteiger partial charge in [-0.3, -0.25) is 24.0 Å². The van der Waals surface area contributed by atoms with E-state index < -0.39 is 35.4 Å². The number of aliphatic hydroxyl groups is 1. The molecule has 1 aliphatic heterocycles. The maximum absolute atomic E-state index is 14.1. The molecule has 0 spiro atoms. The van der Waals surface area contributed by atoms with Crippen LogP contribution in [0.3, 0.4) is 0 Å². The predicted octanol–water partition coefficient (Wildman–Crippen LogP) is 10.5. The molecular weight excluding hydrogens is 1010 g/mol. The first kappa shape index (κ1) is 55.5. The second kappa shape index (κ2) is 25.0. The van der Waals surface area contributed by atoms with Gasteiger partial charge in [-0.2, -0.15) is 5.10 Å². The summed E-state index contributed by atoms with van der Waals surface area (Å²) in [5.74, 6) is -0.913. The number of aromatic hydroxyl groups is 2. The molecule has 77 heavy (non-hydrogen) atoms. The summed E-state index contributed by atoms with van der Waals surface area (Å²) in [4.78, 5) is 75.8. The zero-order valence-electron chi connectivity index (χ0n) is 43.7. The van der Waals surface area contributed by atoms with E-state index in [0.29, 0.717) is 40.2 Å². The van der Waals surface area contributed by atoms with Crippen LogP contribution in [0.1, 0.15) is 122 Å². The molecule has 4 amide bonds. The predicted molar refractivity (Wildman–Crippen MR) is 302 cm³/mol. The van der Waals surface area contributed by atoms with Gasteiger partial charge in [0.15, 0.2) is 5.78 Å². The summed E-state index contributed by atoms with van der Waals surface area (Å²) >= 11 is 2.93. The van der Waals surface area contributed by atoms with Crippen LogP contribution in [0.25, 0.3) is 31.0 Å². The fraction of sp³-hybridized carbons (Fsp3) is 0.317. The zero-order valence-corrected chi connectivity index (χ0v) is 45.4. The standard InChI is InChI=1S/C60H64N6O9S2/c1-36(39-17-19-40(20-18-39)54-37(2)61-35-76-54)63-58(73)49-31-46(69)34-66(49)59(74)56(60(3,4)5)64-51(70)14-9-7-6-8-10-29-75-47-26-15-38(16-27-47)33-62-65-57(72)43-13-11-12-42(30-43)53(71)52-48-28-25-45(68)32-50(48)77-55(52)41-21-23-44(67)24-22-41/h11-13,15-28,30,32-33,35-36,46,49,56,67-69H,6-10,14,29,31,34H2,1-5H3,(H,63,73)(H,64,70)(H,65,72). The molecule has 4 unspecified atom stereocenters. The lowest BCUT2D eigenvalue weighted by atomic mass is 9.85. The minimum atomic E-state index is -0.892. The number of aliphatic hydroxyl groups excluding tert-OH is 1. The van der Waals surface area contributed by atoms with Gasteiger partial charge in [-0.1, -0.05) is 76.4 Å². The van der Waals surface area contributed by atoms with Crippen LogP contribution in [0.4, 0.5) is 0 Å². The molecule has 3 heterocycles. The van der Waals surface area contributed by atoms with Gasteiger partial charge >= 0.3 is 0 Å². The Kier molecular flexibility index (Phi) is 18.0. The maximum Gasteiger partial charge on any atom is 0.271 e. The van der Waals surface area contributed by atoms with E-state index in [-0.39, 0.29) is 60.1 Å². The molecule has 0 bridgehead atoms. The summed E-state index contributed by atoms with van der Waals surface area (Å²) in [5, 5.41) is 41.5. The van der Waals surface area contributed by atoms with Crippen molar-refractivity contribution in [2.45, 2.75) is 104 Å².